The summed E-state index contributed by atoms with van der Waals surface area (Å²) in [4.78, 5) is 21.1. The first-order chi connectivity index (χ1) is 16.1. The molecule has 10 heteroatoms. The number of rotatable bonds is 4. The first-order valence-electron chi connectivity index (χ1n) is 11.5. The molecule has 9 nitrogen and oxygen atoms in total. The molecule has 0 saturated carbocycles. The van der Waals surface area contributed by atoms with E-state index in [-0.39, 0.29) is 11.9 Å². The molecule has 3 aromatic heterocycles. The minimum absolute atomic E-state index is 0.265. The molecular formula is C23H25FN8O. The van der Waals surface area contributed by atoms with Gasteiger partial charge in [0, 0.05) is 44.5 Å². The van der Waals surface area contributed by atoms with Gasteiger partial charge in [-0.2, -0.15) is 19.6 Å². The summed E-state index contributed by atoms with van der Waals surface area (Å²) in [5.41, 5.74) is 3.81. The minimum Gasteiger partial charge on any atom is -0.381 e. The predicted molar refractivity (Wildman–Crippen MR) is 123 cm³/mol. The fourth-order valence-electron chi connectivity index (χ4n) is 4.53. The van der Waals surface area contributed by atoms with Crippen LogP contribution >= 0.6 is 0 Å². The molecule has 0 spiro atoms. The van der Waals surface area contributed by atoms with Crippen LogP contribution in [0.5, 0.6) is 0 Å². The van der Waals surface area contributed by atoms with E-state index in [2.05, 4.69) is 20.2 Å². The summed E-state index contributed by atoms with van der Waals surface area (Å²) in [6.45, 7) is 5.26. The van der Waals surface area contributed by atoms with Crippen LogP contribution in [0.1, 0.15) is 31.4 Å². The molecule has 2 fully saturated rings. The van der Waals surface area contributed by atoms with E-state index >= 15 is 0 Å². The van der Waals surface area contributed by atoms with Crippen molar-refractivity contribution in [1.82, 2.24) is 29.5 Å². The van der Waals surface area contributed by atoms with Crippen LogP contribution in [-0.2, 0) is 4.74 Å². The van der Waals surface area contributed by atoms with Gasteiger partial charge >= 0.3 is 0 Å². The lowest BCUT2D eigenvalue weighted by Crippen LogP contribution is -2.30. The molecule has 0 atom stereocenters. The van der Waals surface area contributed by atoms with Crippen LogP contribution in [0.2, 0.25) is 0 Å². The largest absolute Gasteiger partial charge is 0.381 e. The van der Waals surface area contributed by atoms with Crippen LogP contribution in [0.4, 0.5) is 16.3 Å². The molecule has 0 aliphatic carbocycles. The Morgan fingerprint density at radius 2 is 1.82 bits per heavy atom. The molecule has 5 heterocycles. The second kappa shape index (κ2) is 8.18. The van der Waals surface area contributed by atoms with E-state index in [0.717, 1.165) is 57.7 Å². The molecule has 2 aliphatic rings. The van der Waals surface area contributed by atoms with Crippen molar-refractivity contribution in [3.63, 3.8) is 0 Å². The molecule has 0 unspecified atom stereocenters. The van der Waals surface area contributed by atoms with Crippen LogP contribution in [-0.4, -0.2) is 61.9 Å². The fraction of sp³-hybridized carbons (Fsp3) is 0.435. The molecule has 6 rings (SSSR count). The van der Waals surface area contributed by atoms with Crippen LogP contribution in [0.15, 0.2) is 24.3 Å². The number of nitrogens with zero attached hydrogens (tertiary/aromatic N) is 7. The number of ether oxygens (including phenoxy) is 1. The summed E-state index contributed by atoms with van der Waals surface area (Å²) in [7, 11) is 0. The zero-order chi connectivity index (χ0) is 22.4. The monoisotopic (exact) mass is 448 g/mol. The SMILES string of the molecule is Cc1nc2ccc(F)cc2nc1-c1cc2nc(N3CCCC3)nc(NC3CCOCC3)n2n1. The highest BCUT2D eigenvalue weighted by molar-refractivity contribution is 5.78. The van der Waals surface area contributed by atoms with E-state index in [1.54, 1.807) is 10.6 Å². The average molecular weight is 449 g/mol. The Kier molecular flexibility index (Phi) is 5.01. The maximum Gasteiger partial charge on any atom is 0.230 e. The molecule has 1 N–H and O–H groups in total. The first-order valence-corrected chi connectivity index (χ1v) is 11.5. The van der Waals surface area contributed by atoms with Gasteiger partial charge in [-0.1, -0.05) is 0 Å². The van der Waals surface area contributed by atoms with E-state index < -0.39 is 0 Å². The maximum atomic E-state index is 13.8. The van der Waals surface area contributed by atoms with Crippen molar-refractivity contribution < 1.29 is 9.13 Å². The van der Waals surface area contributed by atoms with E-state index in [9.17, 15) is 4.39 Å². The summed E-state index contributed by atoms with van der Waals surface area (Å²) < 4.78 is 21.0. The molecule has 33 heavy (non-hydrogen) atoms. The maximum absolute atomic E-state index is 13.8. The molecule has 0 bridgehead atoms. The Bertz CT molecular complexity index is 1330. The minimum atomic E-state index is -0.342. The highest BCUT2D eigenvalue weighted by atomic mass is 19.1. The summed E-state index contributed by atoms with van der Waals surface area (Å²) in [5, 5.41) is 8.35. The van der Waals surface area contributed by atoms with Gasteiger partial charge in [-0.15, -0.1) is 0 Å². The number of hydrogen-bond acceptors (Lipinski definition) is 8. The zero-order valence-electron chi connectivity index (χ0n) is 18.5. The van der Waals surface area contributed by atoms with Gasteiger partial charge in [0.25, 0.3) is 0 Å². The number of benzene rings is 1. The molecule has 2 aliphatic heterocycles. The van der Waals surface area contributed by atoms with Crippen molar-refractivity contribution in [2.45, 2.75) is 38.6 Å². The van der Waals surface area contributed by atoms with Gasteiger partial charge in [0.1, 0.15) is 17.2 Å². The Morgan fingerprint density at radius 1 is 1.00 bits per heavy atom. The van der Waals surface area contributed by atoms with Crippen molar-refractivity contribution in [3.05, 3.63) is 35.8 Å². The quantitative estimate of drug-likeness (QED) is 0.508. The Hall–Kier alpha value is -3.40. The summed E-state index contributed by atoms with van der Waals surface area (Å²) in [5.74, 6) is 1.03. The summed E-state index contributed by atoms with van der Waals surface area (Å²) in [6.07, 6.45) is 4.12. The predicted octanol–water partition coefficient (Wildman–Crippen LogP) is 3.37. The van der Waals surface area contributed by atoms with Gasteiger partial charge in [0.2, 0.25) is 11.9 Å². The third-order valence-electron chi connectivity index (χ3n) is 6.30. The molecular weight excluding hydrogens is 423 g/mol. The lowest BCUT2D eigenvalue weighted by molar-refractivity contribution is 0.0902. The Balaban J connectivity index is 1.46. The van der Waals surface area contributed by atoms with Crippen molar-refractivity contribution in [2.75, 3.05) is 36.5 Å². The van der Waals surface area contributed by atoms with Crippen molar-refractivity contribution >= 4 is 28.6 Å². The van der Waals surface area contributed by atoms with Gasteiger partial charge in [0.05, 0.1) is 16.7 Å². The number of nitrogens with one attached hydrogen (secondary N) is 1. The molecule has 0 amide bonds. The topological polar surface area (TPSA) is 93.4 Å². The second-order valence-electron chi connectivity index (χ2n) is 8.66. The normalized spacial score (nSPS) is 17.3. The van der Waals surface area contributed by atoms with Crippen LogP contribution < -0.4 is 10.2 Å². The number of aromatic nitrogens is 6. The zero-order valence-corrected chi connectivity index (χ0v) is 18.5. The van der Waals surface area contributed by atoms with Gasteiger partial charge in [0.15, 0.2) is 5.65 Å². The van der Waals surface area contributed by atoms with E-state index in [1.165, 1.54) is 12.1 Å². The molecule has 2 saturated heterocycles. The molecule has 1 aromatic carbocycles. The van der Waals surface area contributed by atoms with Gasteiger partial charge in [-0.25, -0.2) is 14.4 Å². The Morgan fingerprint density at radius 3 is 2.64 bits per heavy atom. The van der Waals surface area contributed by atoms with Crippen LogP contribution in [0.3, 0.4) is 0 Å². The third kappa shape index (κ3) is 3.84. The summed E-state index contributed by atoms with van der Waals surface area (Å²) >= 11 is 0. The first kappa shape index (κ1) is 20.2. The van der Waals surface area contributed by atoms with Crippen LogP contribution in [0, 0.1) is 12.7 Å². The molecule has 0 radical (unpaired) electrons. The number of fused-ring (bicyclic) bond motifs is 2. The fourth-order valence-corrected chi connectivity index (χ4v) is 4.53. The standard InChI is InChI=1S/C23H25FN8O/c1-14-21(27-18-12-15(24)4-5-17(18)25-14)19-13-20-28-22(31-8-2-3-9-31)29-23(32(20)30-19)26-16-6-10-33-11-7-16/h4-5,12-13,16H,2-3,6-11H2,1H3,(H,26,28,29). The highest BCUT2D eigenvalue weighted by Gasteiger charge is 2.22. The second-order valence-corrected chi connectivity index (χ2v) is 8.66. The van der Waals surface area contributed by atoms with Gasteiger partial charge in [-0.05, 0) is 44.7 Å². The van der Waals surface area contributed by atoms with Crippen molar-refractivity contribution in [1.29, 1.82) is 0 Å². The van der Waals surface area contributed by atoms with Gasteiger partial charge < -0.3 is 15.0 Å². The van der Waals surface area contributed by atoms with Gasteiger partial charge in [-0.3, -0.25) is 0 Å². The molecule has 170 valence electrons. The van der Waals surface area contributed by atoms with E-state index in [4.69, 9.17) is 19.8 Å². The lowest BCUT2D eigenvalue weighted by atomic mass is 10.1. The number of halogens is 1. The number of anilines is 2. The van der Waals surface area contributed by atoms with Crippen molar-refractivity contribution in [3.8, 4) is 11.4 Å². The Labute approximate surface area is 190 Å². The summed E-state index contributed by atoms with van der Waals surface area (Å²) in [6, 6.07) is 6.59. The lowest BCUT2D eigenvalue weighted by Gasteiger charge is -2.24. The van der Waals surface area contributed by atoms with E-state index in [1.807, 2.05) is 13.0 Å². The number of aryl methyl sites for hydroxylation is 1. The highest BCUT2D eigenvalue weighted by Crippen LogP contribution is 2.27. The van der Waals surface area contributed by atoms with E-state index in [0.29, 0.717) is 40.0 Å². The third-order valence-corrected chi connectivity index (χ3v) is 6.30. The smallest absolute Gasteiger partial charge is 0.230 e. The molecule has 4 aromatic rings. The van der Waals surface area contributed by atoms with Crippen LogP contribution in [0.25, 0.3) is 28.1 Å². The van der Waals surface area contributed by atoms with Crippen molar-refractivity contribution in [2.24, 2.45) is 0 Å². The number of hydrogen-bond donors (Lipinski definition) is 1. The average Bonchev–Trinajstić information content (AvgIpc) is 3.50.